The first-order valence-electron chi connectivity index (χ1n) is 10.5. The van der Waals surface area contributed by atoms with Crippen molar-refractivity contribution < 1.29 is 19.1 Å². The Hall–Kier alpha value is -3.80. The fourth-order valence-electron chi connectivity index (χ4n) is 3.39. The second-order valence-electron chi connectivity index (χ2n) is 7.19. The first-order chi connectivity index (χ1) is 15.6. The van der Waals surface area contributed by atoms with Crippen LogP contribution >= 0.6 is 0 Å². The SMILES string of the molecule is COc1ccc(CCNC(=O)CCC(=O)N(c2ccccc2)c2ccccc2)cc1OC. The summed E-state index contributed by atoms with van der Waals surface area (Å²) in [7, 11) is 3.18. The molecule has 2 amide bonds. The Morgan fingerprint density at radius 2 is 1.38 bits per heavy atom. The van der Waals surface area contributed by atoms with Gasteiger partial charge in [0.2, 0.25) is 11.8 Å². The molecule has 0 bridgehead atoms. The van der Waals surface area contributed by atoms with E-state index in [0.29, 0.717) is 24.5 Å². The summed E-state index contributed by atoms with van der Waals surface area (Å²) in [4.78, 5) is 27.0. The number of methoxy groups -OCH3 is 2. The van der Waals surface area contributed by atoms with Crippen LogP contribution in [0.3, 0.4) is 0 Å². The van der Waals surface area contributed by atoms with Crippen LogP contribution in [0.2, 0.25) is 0 Å². The van der Waals surface area contributed by atoms with Gasteiger partial charge in [0.15, 0.2) is 11.5 Å². The van der Waals surface area contributed by atoms with Crippen molar-refractivity contribution in [3.05, 3.63) is 84.4 Å². The molecule has 6 heteroatoms. The highest BCUT2D eigenvalue weighted by Crippen LogP contribution is 2.28. The van der Waals surface area contributed by atoms with Crippen LogP contribution in [0.5, 0.6) is 11.5 Å². The molecule has 166 valence electrons. The van der Waals surface area contributed by atoms with Crippen LogP contribution in [0.15, 0.2) is 78.9 Å². The van der Waals surface area contributed by atoms with Crippen molar-refractivity contribution in [2.24, 2.45) is 0 Å². The summed E-state index contributed by atoms with van der Waals surface area (Å²) in [5, 5.41) is 2.89. The molecule has 3 aromatic rings. The molecule has 3 rings (SSSR count). The molecule has 0 saturated heterocycles. The third-order valence-electron chi connectivity index (χ3n) is 5.03. The molecule has 0 fully saturated rings. The molecule has 3 aromatic carbocycles. The topological polar surface area (TPSA) is 67.9 Å². The zero-order valence-electron chi connectivity index (χ0n) is 18.4. The Balaban J connectivity index is 1.53. The van der Waals surface area contributed by atoms with Gasteiger partial charge in [0, 0.05) is 30.8 Å². The molecule has 0 aliphatic rings. The minimum Gasteiger partial charge on any atom is -0.493 e. The van der Waals surface area contributed by atoms with Crippen molar-refractivity contribution in [3.8, 4) is 11.5 Å². The van der Waals surface area contributed by atoms with Gasteiger partial charge in [0.1, 0.15) is 0 Å². The van der Waals surface area contributed by atoms with Crippen molar-refractivity contribution in [2.75, 3.05) is 25.7 Å². The van der Waals surface area contributed by atoms with Crippen molar-refractivity contribution >= 4 is 23.2 Å². The quantitative estimate of drug-likeness (QED) is 0.512. The molecule has 0 unspecified atom stereocenters. The van der Waals surface area contributed by atoms with E-state index in [2.05, 4.69) is 5.32 Å². The van der Waals surface area contributed by atoms with Crippen LogP contribution in [0.25, 0.3) is 0 Å². The predicted molar refractivity (Wildman–Crippen MR) is 126 cm³/mol. The van der Waals surface area contributed by atoms with Crippen LogP contribution in [-0.2, 0) is 16.0 Å². The Bertz CT molecular complexity index is 983. The number of nitrogens with zero attached hydrogens (tertiary/aromatic N) is 1. The average Bonchev–Trinajstić information content (AvgIpc) is 2.84. The minimum atomic E-state index is -0.153. The summed E-state index contributed by atoms with van der Waals surface area (Å²) in [5.41, 5.74) is 2.58. The molecule has 0 radical (unpaired) electrons. The molecule has 0 spiro atoms. The smallest absolute Gasteiger partial charge is 0.232 e. The van der Waals surface area contributed by atoms with E-state index in [4.69, 9.17) is 9.47 Å². The molecule has 0 aromatic heterocycles. The number of amides is 2. The monoisotopic (exact) mass is 432 g/mol. The minimum absolute atomic E-state index is 0.117. The van der Waals surface area contributed by atoms with Crippen LogP contribution in [-0.4, -0.2) is 32.6 Å². The maximum Gasteiger partial charge on any atom is 0.232 e. The van der Waals surface area contributed by atoms with Gasteiger partial charge in [0.05, 0.1) is 14.2 Å². The Labute approximate surface area is 188 Å². The summed E-state index contributed by atoms with van der Waals surface area (Å²) in [5.74, 6) is 1.04. The lowest BCUT2D eigenvalue weighted by atomic mass is 10.1. The van der Waals surface area contributed by atoms with Gasteiger partial charge in [-0.05, 0) is 48.4 Å². The number of ether oxygens (including phenoxy) is 2. The number of carbonyl (C=O) groups excluding carboxylic acids is 2. The van der Waals surface area contributed by atoms with Gasteiger partial charge in [-0.2, -0.15) is 0 Å². The van der Waals surface area contributed by atoms with E-state index >= 15 is 0 Å². The van der Waals surface area contributed by atoms with E-state index in [0.717, 1.165) is 16.9 Å². The van der Waals surface area contributed by atoms with Crippen LogP contribution in [0, 0.1) is 0 Å². The lowest BCUT2D eigenvalue weighted by molar-refractivity contribution is -0.124. The molecule has 1 N–H and O–H groups in total. The largest absolute Gasteiger partial charge is 0.493 e. The molecule has 0 atom stereocenters. The van der Waals surface area contributed by atoms with Crippen molar-refractivity contribution in [1.82, 2.24) is 5.32 Å². The number of hydrogen-bond acceptors (Lipinski definition) is 4. The standard InChI is InChI=1S/C26H28N2O4/c1-31-23-14-13-20(19-24(23)32-2)17-18-27-25(29)15-16-26(30)28(21-9-5-3-6-10-21)22-11-7-4-8-12-22/h3-14,19H,15-18H2,1-2H3,(H,27,29). The van der Waals surface area contributed by atoms with E-state index in [1.807, 2.05) is 78.9 Å². The lowest BCUT2D eigenvalue weighted by Gasteiger charge is -2.23. The predicted octanol–water partition coefficient (Wildman–Crippen LogP) is 4.51. The first-order valence-corrected chi connectivity index (χ1v) is 10.5. The summed E-state index contributed by atoms with van der Waals surface area (Å²) in [6.07, 6.45) is 0.896. The number of carbonyl (C=O) groups is 2. The second-order valence-corrected chi connectivity index (χ2v) is 7.19. The highest BCUT2D eigenvalue weighted by Gasteiger charge is 2.18. The van der Waals surface area contributed by atoms with Gasteiger partial charge in [-0.1, -0.05) is 42.5 Å². The van der Waals surface area contributed by atoms with Gasteiger partial charge in [0.25, 0.3) is 0 Å². The Kier molecular flexibility index (Phi) is 8.26. The fraction of sp³-hybridized carbons (Fsp3) is 0.231. The molecule has 0 heterocycles. The number of hydrogen-bond donors (Lipinski definition) is 1. The molecule has 0 aliphatic carbocycles. The van der Waals surface area contributed by atoms with Crippen molar-refractivity contribution in [1.29, 1.82) is 0 Å². The lowest BCUT2D eigenvalue weighted by Crippen LogP contribution is -2.30. The van der Waals surface area contributed by atoms with E-state index in [9.17, 15) is 9.59 Å². The number of para-hydroxylation sites is 2. The Morgan fingerprint density at radius 1 is 0.781 bits per heavy atom. The van der Waals surface area contributed by atoms with Gasteiger partial charge in [-0.3, -0.25) is 14.5 Å². The van der Waals surface area contributed by atoms with E-state index < -0.39 is 0 Å². The van der Waals surface area contributed by atoms with E-state index in [1.54, 1.807) is 19.1 Å². The molecular formula is C26H28N2O4. The zero-order valence-corrected chi connectivity index (χ0v) is 18.4. The molecule has 32 heavy (non-hydrogen) atoms. The number of anilines is 2. The van der Waals surface area contributed by atoms with Crippen LogP contribution < -0.4 is 19.7 Å². The first kappa shape index (κ1) is 22.9. The van der Waals surface area contributed by atoms with Crippen LogP contribution in [0.1, 0.15) is 18.4 Å². The van der Waals surface area contributed by atoms with E-state index in [1.165, 1.54) is 0 Å². The summed E-state index contributed by atoms with van der Waals surface area (Å²) >= 11 is 0. The van der Waals surface area contributed by atoms with Gasteiger partial charge in [-0.15, -0.1) is 0 Å². The molecular weight excluding hydrogens is 404 g/mol. The highest BCUT2D eigenvalue weighted by molar-refractivity contribution is 6.01. The van der Waals surface area contributed by atoms with Gasteiger partial charge >= 0.3 is 0 Å². The average molecular weight is 433 g/mol. The summed E-state index contributed by atoms with van der Waals surface area (Å²) < 4.78 is 10.6. The van der Waals surface area contributed by atoms with Gasteiger partial charge < -0.3 is 14.8 Å². The second kappa shape index (κ2) is 11.6. The van der Waals surface area contributed by atoms with Crippen molar-refractivity contribution in [3.63, 3.8) is 0 Å². The van der Waals surface area contributed by atoms with E-state index in [-0.39, 0.29) is 24.7 Å². The van der Waals surface area contributed by atoms with Gasteiger partial charge in [-0.25, -0.2) is 0 Å². The zero-order chi connectivity index (χ0) is 22.8. The molecule has 0 saturated carbocycles. The molecule has 6 nitrogen and oxygen atoms in total. The normalized spacial score (nSPS) is 10.3. The highest BCUT2D eigenvalue weighted by atomic mass is 16.5. The maximum atomic E-state index is 13.0. The Morgan fingerprint density at radius 3 is 1.94 bits per heavy atom. The maximum absolute atomic E-state index is 13.0. The molecule has 0 aliphatic heterocycles. The fourth-order valence-corrected chi connectivity index (χ4v) is 3.39. The van der Waals surface area contributed by atoms with Crippen molar-refractivity contribution in [2.45, 2.75) is 19.3 Å². The third kappa shape index (κ3) is 6.11. The number of nitrogens with one attached hydrogen (secondary N) is 1. The van der Waals surface area contributed by atoms with Crippen LogP contribution in [0.4, 0.5) is 11.4 Å². The summed E-state index contributed by atoms with van der Waals surface area (Å²) in [6.45, 7) is 0.476. The number of benzene rings is 3. The summed E-state index contributed by atoms with van der Waals surface area (Å²) in [6, 6.07) is 24.6. The third-order valence-corrected chi connectivity index (χ3v) is 5.03. The number of rotatable bonds is 10.